The average Bonchev–Trinajstić information content (AvgIpc) is 2.70. The maximum Gasteiger partial charge on any atom is 0.305 e. The summed E-state index contributed by atoms with van der Waals surface area (Å²) in [5.41, 5.74) is 3.50. The Morgan fingerprint density at radius 2 is 1.56 bits per heavy atom. The molecule has 0 radical (unpaired) electrons. The number of carboxylic acids is 1. The Kier molecular flexibility index (Phi) is 6.21. The number of nitrogens with zero attached hydrogens (tertiary/aromatic N) is 1. The quantitative estimate of drug-likeness (QED) is 0.618. The van der Waals surface area contributed by atoms with Crippen molar-refractivity contribution in [1.82, 2.24) is 4.90 Å². The van der Waals surface area contributed by atoms with Crippen molar-refractivity contribution in [2.45, 2.75) is 72.6 Å². The molecule has 34 heavy (non-hydrogen) atoms. The Hall–Kier alpha value is -2.89. The second-order valence-electron chi connectivity index (χ2n) is 11.3. The average molecular weight is 466 g/mol. The number of ketones is 2. The summed E-state index contributed by atoms with van der Waals surface area (Å²) in [6.45, 7) is 11.0. The molecule has 6 nitrogen and oxygen atoms in total. The van der Waals surface area contributed by atoms with Crippen LogP contribution in [0.5, 0.6) is 5.75 Å². The van der Waals surface area contributed by atoms with Crippen LogP contribution >= 0.6 is 0 Å². The summed E-state index contributed by atoms with van der Waals surface area (Å²) >= 11 is 0. The van der Waals surface area contributed by atoms with E-state index in [9.17, 15) is 19.5 Å². The second-order valence-corrected chi connectivity index (χ2v) is 11.3. The highest BCUT2D eigenvalue weighted by molar-refractivity contribution is 6.06. The minimum Gasteiger partial charge on any atom is -0.494 e. The third-order valence-corrected chi connectivity index (χ3v) is 7.07. The number of Topliss-reactive ketones (excluding diaryl/α,β-unsaturated/α-hetero) is 2. The molecule has 1 aromatic carbocycles. The van der Waals surface area contributed by atoms with Crippen LogP contribution in [0.15, 0.2) is 46.8 Å². The number of benzene rings is 1. The molecule has 0 unspecified atom stereocenters. The van der Waals surface area contributed by atoms with E-state index in [0.29, 0.717) is 49.2 Å². The van der Waals surface area contributed by atoms with Crippen LogP contribution in [0.1, 0.15) is 78.2 Å². The van der Waals surface area contributed by atoms with Gasteiger partial charge in [0.2, 0.25) is 0 Å². The lowest BCUT2D eigenvalue weighted by atomic mass is 9.63. The van der Waals surface area contributed by atoms with Gasteiger partial charge in [-0.05, 0) is 48.3 Å². The van der Waals surface area contributed by atoms with E-state index in [-0.39, 0.29) is 35.4 Å². The number of carboxylic acid groups (broad SMARTS) is 1. The van der Waals surface area contributed by atoms with Crippen molar-refractivity contribution in [3.8, 4) is 5.75 Å². The Morgan fingerprint density at radius 1 is 1.00 bits per heavy atom. The van der Waals surface area contributed by atoms with Gasteiger partial charge in [-0.25, -0.2) is 0 Å². The molecular weight excluding hydrogens is 430 g/mol. The van der Waals surface area contributed by atoms with Crippen molar-refractivity contribution >= 4 is 17.5 Å². The fraction of sp³-hybridized carbons (Fsp3) is 0.536. The number of aliphatic carboxylic acids is 1. The van der Waals surface area contributed by atoms with Gasteiger partial charge in [-0.2, -0.15) is 0 Å². The Bertz CT molecular complexity index is 1050. The molecule has 0 bridgehead atoms. The monoisotopic (exact) mass is 465 g/mol. The smallest absolute Gasteiger partial charge is 0.305 e. The Labute approximate surface area is 201 Å². The first-order chi connectivity index (χ1) is 15.9. The van der Waals surface area contributed by atoms with E-state index < -0.39 is 11.9 Å². The van der Waals surface area contributed by atoms with E-state index in [0.717, 1.165) is 17.0 Å². The minimum atomic E-state index is -0.890. The van der Waals surface area contributed by atoms with Crippen molar-refractivity contribution in [3.05, 3.63) is 52.4 Å². The van der Waals surface area contributed by atoms with Gasteiger partial charge in [0.1, 0.15) is 5.75 Å². The number of hydrogen-bond donors (Lipinski definition) is 1. The lowest BCUT2D eigenvalue weighted by Crippen LogP contribution is -2.45. The fourth-order valence-corrected chi connectivity index (χ4v) is 5.81. The third-order valence-electron chi connectivity index (χ3n) is 7.07. The molecule has 0 saturated heterocycles. The van der Waals surface area contributed by atoms with E-state index in [1.54, 1.807) is 0 Å². The van der Waals surface area contributed by atoms with E-state index in [2.05, 4.69) is 27.7 Å². The predicted molar refractivity (Wildman–Crippen MR) is 129 cm³/mol. The number of carbonyl (C=O) groups is 3. The lowest BCUT2D eigenvalue weighted by molar-refractivity contribution is -0.137. The van der Waals surface area contributed by atoms with E-state index in [4.69, 9.17) is 4.74 Å². The summed E-state index contributed by atoms with van der Waals surface area (Å²) in [5, 5.41) is 9.45. The summed E-state index contributed by atoms with van der Waals surface area (Å²) in [7, 11) is 0. The van der Waals surface area contributed by atoms with Gasteiger partial charge in [-0.1, -0.05) is 39.8 Å². The van der Waals surface area contributed by atoms with Crippen LogP contribution in [0, 0.1) is 10.8 Å². The molecule has 4 rings (SSSR count). The number of hydrogen-bond acceptors (Lipinski definition) is 5. The summed E-state index contributed by atoms with van der Waals surface area (Å²) in [5.74, 6) is -0.535. The number of ether oxygens (including phenoxy) is 1. The first-order valence-corrected chi connectivity index (χ1v) is 12.2. The molecule has 0 fully saturated rings. The molecule has 1 aromatic rings. The second kappa shape index (κ2) is 8.71. The third kappa shape index (κ3) is 4.55. The Morgan fingerprint density at radius 3 is 2.06 bits per heavy atom. The molecule has 2 aliphatic carbocycles. The summed E-state index contributed by atoms with van der Waals surface area (Å²) in [6.07, 6.45) is 2.09. The van der Waals surface area contributed by atoms with E-state index in [1.165, 1.54) is 0 Å². The first kappa shape index (κ1) is 24.2. The normalized spacial score (nSPS) is 22.0. The predicted octanol–water partition coefficient (Wildman–Crippen LogP) is 5.25. The van der Waals surface area contributed by atoms with Gasteiger partial charge in [-0.15, -0.1) is 0 Å². The maximum atomic E-state index is 13.7. The SMILES string of the molecule is CCOc1cccc(C2C3=C(CC(C)(C)CC3=O)N(CCC(=O)O)C3=C2C(=O)CC(C)(C)C3)c1. The van der Waals surface area contributed by atoms with Crippen LogP contribution in [0.3, 0.4) is 0 Å². The highest BCUT2D eigenvalue weighted by Gasteiger charge is 2.48. The van der Waals surface area contributed by atoms with Gasteiger partial charge in [-0.3, -0.25) is 14.4 Å². The molecule has 3 aliphatic rings. The molecule has 0 amide bonds. The summed E-state index contributed by atoms with van der Waals surface area (Å²) < 4.78 is 5.74. The zero-order valence-electron chi connectivity index (χ0n) is 20.9. The largest absolute Gasteiger partial charge is 0.494 e. The van der Waals surface area contributed by atoms with Crippen molar-refractivity contribution < 1.29 is 24.2 Å². The molecular formula is C28H35NO5. The zero-order valence-corrected chi connectivity index (χ0v) is 20.9. The van der Waals surface area contributed by atoms with Crippen molar-refractivity contribution in [2.24, 2.45) is 10.8 Å². The summed E-state index contributed by atoms with van der Waals surface area (Å²) in [4.78, 5) is 40.9. The number of carbonyl (C=O) groups excluding carboxylic acids is 2. The van der Waals surface area contributed by atoms with Gasteiger partial charge >= 0.3 is 5.97 Å². The zero-order chi connectivity index (χ0) is 24.8. The molecule has 1 heterocycles. The van der Waals surface area contributed by atoms with Crippen molar-refractivity contribution in [3.63, 3.8) is 0 Å². The van der Waals surface area contributed by atoms with E-state index >= 15 is 0 Å². The number of allylic oxidation sites excluding steroid dienone is 4. The van der Waals surface area contributed by atoms with Crippen LogP contribution in [0.25, 0.3) is 0 Å². The van der Waals surface area contributed by atoms with E-state index in [1.807, 2.05) is 36.1 Å². The standard InChI is InChI=1S/C28H35NO5/c1-6-34-18-9-7-8-17(12-18)24-25-19(13-27(2,3)15-21(25)30)29(11-10-23(32)33)20-14-28(4,5)16-22(31)26(20)24/h7-9,12,24H,6,10-11,13-16H2,1-5H3,(H,32,33). The summed E-state index contributed by atoms with van der Waals surface area (Å²) in [6, 6.07) is 7.70. The molecule has 0 saturated carbocycles. The first-order valence-electron chi connectivity index (χ1n) is 12.2. The van der Waals surface area contributed by atoms with Crippen LogP contribution in [-0.4, -0.2) is 40.7 Å². The highest BCUT2D eigenvalue weighted by atomic mass is 16.5. The van der Waals surface area contributed by atoms with Gasteiger partial charge in [0.05, 0.1) is 13.0 Å². The molecule has 182 valence electrons. The number of rotatable bonds is 6. The molecule has 0 atom stereocenters. The fourth-order valence-electron chi connectivity index (χ4n) is 5.81. The molecule has 1 aliphatic heterocycles. The molecule has 6 heteroatoms. The van der Waals surface area contributed by atoms with Gasteiger partial charge in [0.15, 0.2) is 11.6 Å². The maximum absolute atomic E-state index is 13.7. The van der Waals surface area contributed by atoms with Crippen LogP contribution in [0.4, 0.5) is 0 Å². The highest BCUT2D eigenvalue weighted by Crippen LogP contribution is 2.54. The minimum absolute atomic E-state index is 0.0440. The molecule has 0 spiro atoms. The lowest BCUT2D eigenvalue weighted by Gasteiger charge is -2.49. The molecule has 0 aromatic heterocycles. The van der Waals surface area contributed by atoms with Gasteiger partial charge < -0.3 is 14.7 Å². The van der Waals surface area contributed by atoms with Crippen LogP contribution < -0.4 is 4.74 Å². The van der Waals surface area contributed by atoms with Gasteiger partial charge in [0, 0.05) is 47.8 Å². The van der Waals surface area contributed by atoms with Crippen molar-refractivity contribution in [2.75, 3.05) is 13.2 Å². The van der Waals surface area contributed by atoms with Gasteiger partial charge in [0.25, 0.3) is 0 Å². The molecule has 1 N–H and O–H groups in total. The van der Waals surface area contributed by atoms with Crippen LogP contribution in [0.2, 0.25) is 0 Å². The van der Waals surface area contributed by atoms with Crippen molar-refractivity contribution in [1.29, 1.82) is 0 Å². The Balaban J connectivity index is 1.96. The topological polar surface area (TPSA) is 83.9 Å². The van der Waals surface area contributed by atoms with Crippen LogP contribution in [-0.2, 0) is 14.4 Å².